The van der Waals surface area contributed by atoms with Gasteiger partial charge in [-0.3, -0.25) is 4.79 Å². The molecule has 1 aromatic rings. The number of amides is 1. The Morgan fingerprint density at radius 2 is 2.37 bits per heavy atom. The standard InChI is InChI=1S/C14H16BrN3O/c1-9-6-10(4-5-17-9)14(19)18-13-7-12(15)3-2-11(13)8-16/h2-3,7,9-10,17H,4-6H2,1H3,(H,18,19). The molecule has 2 atom stereocenters. The number of hydrogen-bond acceptors (Lipinski definition) is 3. The maximum Gasteiger partial charge on any atom is 0.227 e. The van der Waals surface area contributed by atoms with Crippen molar-refractivity contribution >= 4 is 27.5 Å². The molecule has 0 aliphatic carbocycles. The van der Waals surface area contributed by atoms with Gasteiger partial charge in [0.2, 0.25) is 5.91 Å². The zero-order valence-electron chi connectivity index (χ0n) is 10.7. The molecule has 1 aliphatic rings. The second kappa shape index (κ2) is 6.18. The second-order valence-corrected chi connectivity index (χ2v) is 5.78. The Balaban J connectivity index is 2.10. The van der Waals surface area contributed by atoms with Crippen LogP contribution in [0.25, 0.3) is 0 Å². The van der Waals surface area contributed by atoms with Gasteiger partial charge in [0.25, 0.3) is 0 Å². The van der Waals surface area contributed by atoms with E-state index in [1.165, 1.54) is 0 Å². The Morgan fingerprint density at radius 1 is 1.58 bits per heavy atom. The van der Waals surface area contributed by atoms with Gasteiger partial charge in [0, 0.05) is 16.4 Å². The van der Waals surface area contributed by atoms with Crippen LogP contribution in [0, 0.1) is 17.2 Å². The summed E-state index contributed by atoms with van der Waals surface area (Å²) in [5.41, 5.74) is 1.06. The molecule has 5 heteroatoms. The van der Waals surface area contributed by atoms with Crippen LogP contribution < -0.4 is 10.6 Å². The molecule has 0 aromatic heterocycles. The molecule has 1 amide bonds. The fourth-order valence-corrected chi connectivity index (χ4v) is 2.68. The molecule has 1 saturated heterocycles. The normalized spacial score (nSPS) is 22.6. The van der Waals surface area contributed by atoms with E-state index in [2.05, 4.69) is 39.6 Å². The summed E-state index contributed by atoms with van der Waals surface area (Å²) < 4.78 is 0.848. The van der Waals surface area contributed by atoms with Gasteiger partial charge in [-0.15, -0.1) is 0 Å². The van der Waals surface area contributed by atoms with Gasteiger partial charge >= 0.3 is 0 Å². The maximum atomic E-state index is 12.2. The van der Waals surface area contributed by atoms with Crippen LogP contribution in [0.15, 0.2) is 22.7 Å². The first-order valence-electron chi connectivity index (χ1n) is 6.34. The zero-order valence-corrected chi connectivity index (χ0v) is 12.3. The number of carbonyl (C=O) groups is 1. The van der Waals surface area contributed by atoms with Crippen molar-refractivity contribution in [2.45, 2.75) is 25.8 Å². The minimum absolute atomic E-state index is 0.00273. The van der Waals surface area contributed by atoms with Crippen molar-refractivity contribution in [3.05, 3.63) is 28.2 Å². The van der Waals surface area contributed by atoms with Gasteiger partial charge in [0.1, 0.15) is 6.07 Å². The van der Waals surface area contributed by atoms with Gasteiger partial charge < -0.3 is 10.6 Å². The molecule has 0 bridgehead atoms. The van der Waals surface area contributed by atoms with Crippen molar-refractivity contribution in [2.75, 3.05) is 11.9 Å². The van der Waals surface area contributed by atoms with Gasteiger partial charge in [-0.05, 0) is 44.5 Å². The van der Waals surface area contributed by atoms with E-state index in [0.29, 0.717) is 17.3 Å². The Kier molecular flexibility index (Phi) is 4.56. The Labute approximate surface area is 121 Å². The molecule has 2 rings (SSSR count). The number of hydrogen-bond donors (Lipinski definition) is 2. The monoisotopic (exact) mass is 321 g/mol. The Morgan fingerprint density at radius 3 is 3.05 bits per heavy atom. The van der Waals surface area contributed by atoms with Crippen LogP contribution in [-0.4, -0.2) is 18.5 Å². The summed E-state index contributed by atoms with van der Waals surface area (Å²) in [5, 5.41) is 15.2. The van der Waals surface area contributed by atoms with Crippen LogP contribution in [-0.2, 0) is 4.79 Å². The number of halogens is 1. The van der Waals surface area contributed by atoms with E-state index in [0.717, 1.165) is 23.9 Å². The summed E-state index contributed by atoms with van der Waals surface area (Å²) in [7, 11) is 0. The van der Waals surface area contributed by atoms with E-state index in [1.807, 2.05) is 0 Å². The third-order valence-corrected chi connectivity index (χ3v) is 3.85. The van der Waals surface area contributed by atoms with Gasteiger partial charge in [-0.2, -0.15) is 5.26 Å². The van der Waals surface area contributed by atoms with Crippen LogP contribution in [0.1, 0.15) is 25.3 Å². The van der Waals surface area contributed by atoms with E-state index in [1.54, 1.807) is 18.2 Å². The van der Waals surface area contributed by atoms with Crippen molar-refractivity contribution in [1.29, 1.82) is 5.26 Å². The lowest BCUT2D eigenvalue weighted by Gasteiger charge is -2.27. The second-order valence-electron chi connectivity index (χ2n) is 4.87. The lowest BCUT2D eigenvalue weighted by molar-refractivity contribution is -0.120. The molecule has 1 aromatic carbocycles. The lowest BCUT2D eigenvalue weighted by Crippen LogP contribution is -2.40. The molecule has 0 spiro atoms. The summed E-state index contributed by atoms with van der Waals surface area (Å²) in [4.78, 5) is 12.2. The molecule has 0 saturated carbocycles. The topological polar surface area (TPSA) is 64.9 Å². The van der Waals surface area contributed by atoms with E-state index in [-0.39, 0.29) is 11.8 Å². The molecule has 4 nitrogen and oxygen atoms in total. The van der Waals surface area contributed by atoms with Crippen molar-refractivity contribution in [3.8, 4) is 6.07 Å². The van der Waals surface area contributed by atoms with Crippen molar-refractivity contribution in [3.63, 3.8) is 0 Å². The number of nitrogens with one attached hydrogen (secondary N) is 2. The molecule has 1 heterocycles. The van der Waals surface area contributed by atoms with Crippen LogP contribution in [0.5, 0.6) is 0 Å². The predicted octanol–water partition coefficient (Wildman–Crippen LogP) is 2.65. The van der Waals surface area contributed by atoms with Gasteiger partial charge in [0.15, 0.2) is 0 Å². The number of anilines is 1. The highest BCUT2D eigenvalue weighted by atomic mass is 79.9. The average molecular weight is 322 g/mol. The first kappa shape index (κ1) is 14.0. The third kappa shape index (κ3) is 3.55. The van der Waals surface area contributed by atoms with E-state index < -0.39 is 0 Å². The van der Waals surface area contributed by atoms with Gasteiger partial charge in [0.05, 0.1) is 11.3 Å². The summed E-state index contributed by atoms with van der Waals surface area (Å²) in [5.74, 6) is 0.0183. The van der Waals surface area contributed by atoms with Crippen molar-refractivity contribution in [1.82, 2.24) is 5.32 Å². The SMILES string of the molecule is CC1CC(C(=O)Nc2cc(Br)ccc2C#N)CCN1. The predicted molar refractivity (Wildman–Crippen MR) is 77.7 cm³/mol. The number of nitrogens with zero attached hydrogens (tertiary/aromatic N) is 1. The summed E-state index contributed by atoms with van der Waals surface area (Å²) in [6, 6.07) is 7.71. The molecular weight excluding hydrogens is 306 g/mol. The summed E-state index contributed by atoms with van der Waals surface area (Å²) in [6.45, 7) is 2.95. The summed E-state index contributed by atoms with van der Waals surface area (Å²) in [6.07, 6.45) is 1.67. The molecule has 0 radical (unpaired) electrons. The van der Waals surface area contributed by atoms with E-state index in [9.17, 15) is 4.79 Å². The van der Waals surface area contributed by atoms with E-state index >= 15 is 0 Å². The Bertz CT molecular complexity index is 524. The molecule has 19 heavy (non-hydrogen) atoms. The molecule has 2 N–H and O–H groups in total. The zero-order chi connectivity index (χ0) is 13.8. The van der Waals surface area contributed by atoms with Crippen LogP contribution in [0.4, 0.5) is 5.69 Å². The minimum Gasteiger partial charge on any atom is -0.325 e. The van der Waals surface area contributed by atoms with Gasteiger partial charge in [-0.25, -0.2) is 0 Å². The highest BCUT2D eigenvalue weighted by molar-refractivity contribution is 9.10. The molecule has 1 fully saturated rings. The molecular formula is C14H16BrN3O. The number of piperidine rings is 1. The largest absolute Gasteiger partial charge is 0.325 e. The summed E-state index contributed by atoms with van der Waals surface area (Å²) >= 11 is 3.35. The fourth-order valence-electron chi connectivity index (χ4n) is 2.32. The highest BCUT2D eigenvalue weighted by Gasteiger charge is 2.25. The van der Waals surface area contributed by atoms with E-state index in [4.69, 9.17) is 5.26 Å². The number of nitriles is 1. The van der Waals surface area contributed by atoms with Gasteiger partial charge in [-0.1, -0.05) is 15.9 Å². The fraction of sp³-hybridized carbons (Fsp3) is 0.429. The highest BCUT2D eigenvalue weighted by Crippen LogP contribution is 2.23. The molecule has 2 unspecified atom stereocenters. The minimum atomic E-state index is 0.00273. The van der Waals surface area contributed by atoms with Crippen LogP contribution in [0.2, 0.25) is 0 Å². The van der Waals surface area contributed by atoms with Crippen molar-refractivity contribution in [2.24, 2.45) is 5.92 Å². The molecule has 1 aliphatic heterocycles. The first-order chi connectivity index (χ1) is 9.10. The Hall–Kier alpha value is -1.38. The molecule has 100 valence electrons. The first-order valence-corrected chi connectivity index (χ1v) is 7.13. The van der Waals surface area contributed by atoms with Crippen LogP contribution >= 0.6 is 15.9 Å². The number of benzene rings is 1. The third-order valence-electron chi connectivity index (χ3n) is 3.35. The number of rotatable bonds is 2. The average Bonchev–Trinajstić information content (AvgIpc) is 2.39. The maximum absolute atomic E-state index is 12.2. The van der Waals surface area contributed by atoms with Crippen LogP contribution in [0.3, 0.4) is 0 Å². The smallest absolute Gasteiger partial charge is 0.227 e. The van der Waals surface area contributed by atoms with Crippen molar-refractivity contribution < 1.29 is 4.79 Å². The number of carbonyl (C=O) groups excluding carboxylic acids is 1. The quantitative estimate of drug-likeness (QED) is 0.880. The lowest BCUT2D eigenvalue weighted by atomic mass is 9.92.